The van der Waals surface area contributed by atoms with Gasteiger partial charge in [0.2, 0.25) is 0 Å². The van der Waals surface area contributed by atoms with Crippen LogP contribution in [0.4, 0.5) is 0 Å². The molecule has 0 aromatic heterocycles. The van der Waals surface area contributed by atoms with E-state index in [1.165, 1.54) is 0 Å². The molecule has 0 unspecified atom stereocenters. The second kappa shape index (κ2) is 4.76. The molecule has 24 heavy (non-hydrogen) atoms. The van der Waals surface area contributed by atoms with Gasteiger partial charge in [0.25, 0.3) is 0 Å². The summed E-state index contributed by atoms with van der Waals surface area (Å²) in [7, 11) is 0. The molecule has 0 aliphatic heterocycles. The third-order valence-corrected chi connectivity index (χ3v) is 9.22. The Bertz CT molecular complexity index is 548. The second-order valence-electron chi connectivity index (χ2n) is 10.5. The molecule has 2 bridgehead atoms. The van der Waals surface area contributed by atoms with Crippen LogP contribution in [-0.2, 0) is 0 Å². The van der Waals surface area contributed by atoms with Gasteiger partial charge in [-0.25, -0.2) is 0 Å². The summed E-state index contributed by atoms with van der Waals surface area (Å²) in [6.45, 7) is 6.54. The zero-order valence-electron chi connectivity index (χ0n) is 15.4. The molecule has 4 aliphatic rings. The lowest BCUT2D eigenvalue weighted by Crippen LogP contribution is -2.71. The minimum absolute atomic E-state index is 0.00539. The van der Waals surface area contributed by atoms with Gasteiger partial charge in [0.15, 0.2) is 0 Å². The van der Waals surface area contributed by atoms with Crippen molar-refractivity contribution >= 4 is 0 Å². The Morgan fingerprint density at radius 2 is 1.75 bits per heavy atom. The average Bonchev–Trinajstić information content (AvgIpc) is 2.77. The third kappa shape index (κ3) is 1.74. The molecule has 4 fully saturated rings. The Hall–Kier alpha value is -0.160. The van der Waals surface area contributed by atoms with Crippen molar-refractivity contribution < 1.29 is 20.4 Å². The summed E-state index contributed by atoms with van der Waals surface area (Å²) in [5, 5.41) is 44.1. The molecule has 1 spiro atoms. The highest BCUT2D eigenvalue weighted by molar-refractivity contribution is 5.26. The molecule has 0 saturated heterocycles. The van der Waals surface area contributed by atoms with Crippen molar-refractivity contribution in [3.8, 4) is 0 Å². The van der Waals surface area contributed by atoms with Crippen LogP contribution in [0.1, 0.15) is 72.1 Å². The van der Waals surface area contributed by atoms with E-state index < -0.39 is 22.7 Å². The fourth-order valence-electron chi connectivity index (χ4n) is 7.92. The Morgan fingerprint density at radius 3 is 2.42 bits per heavy atom. The first-order chi connectivity index (χ1) is 11.0. The molecule has 4 rings (SSSR count). The maximum atomic E-state index is 12.1. The molecule has 138 valence electrons. The molecule has 4 heteroatoms. The van der Waals surface area contributed by atoms with Crippen molar-refractivity contribution in [1.82, 2.24) is 0 Å². The lowest BCUT2D eigenvalue weighted by atomic mass is 9.38. The highest BCUT2D eigenvalue weighted by Crippen LogP contribution is 2.74. The molecule has 0 aromatic carbocycles. The van der Waals surface area contributed by atoms with Gasteiger partial charge in [-0.15, -0.1) is 0 Å². The number of aliphatic hydroxyl groups is 4. The lowest BCUT2D eigenvalue weighted by molar-refractivity contribution is -0.293. The molecule has 4 aliphatic carbocycles. The van der Waals surface area contributed by atoms with Crippen LogP contribution >= 0.6 is 0 Å². The maximum Gasteiger partial charge on any atom is 0.0912 e. The van der Waals surface area contributed by atoms with E-state index in [2.05, 4.69) is 20.8 Å². The van der Waals surface area contributed by atoms with Crippen LogP contribution < -0.4 is 0 Å². The predicted molar refractivity (Wildman–Crippen MR) is 91.2 cm³/mol. The third-order valence-electron chi connectivity index (χ3n) is 9.22. The summed E-state index contributed by atoms with van der Waals surface area (Å²) in [6.07, 6.45) is 5.72. The van der Waals surface area contributed by atoms with Gasteiger partial charge >= 0.3 is 0 Å². The molecule has 4 nitrogen and oxygen atoms in total. The predicted octanol–water partition coefficient (Wildman–Crippen LogP) is 2.23. The number of fused-ring (bicyclic) bond motifs is 3. The number of hydrogen-bond donors (Lipinski definition) is 4. The molecular formula is C20H34O4. The van der Waals surface area contributed by atoms with Gasteiger partial charge < -0.3 is 20.4 Å². The zero-order chi connectivity index (χ0) is 17.6. The molecule has 4 saturated carbocycles. The lowest BCUT2D eigenvalue weighted by Gasteiger charge is -2.69. The van der Waals surface area contributed by atoms with Crippen LogP contribution in [0, 0.1) is 28.1 Å². The van der Waals surface area contributed by atoms with Gasteiger partial charge in [0, 0.05) is 10.8 Å². The number of aliphatic hydroxyl groups excluding tert-OH is 2. The number of hydrogen-bond acceptors (Lipinski definition) is 4. The monoisotopic (exact) mass is 338 g/mol. The summed E-state index contributed by atoms with van der Waals surface area (Å²) in [5.74, 6) is 0.290. The van der Waals surface area contributed by atoms with Crippen LogP contribution in [-0.4, -0.2) is 44.3 Å². The largest absolute Gasteiger partial charge is 0.393 e. The molecule has 0 heterocycles. The van der Waals surface area contributed by atoms with Crippen molar-refractivity contribution in [2.45, 2.75) is 89.4 Å². The minimum Gasteiger partial charge on any atom is -0.393 e. The highest BCUT2D eigenvalue weighted by Gasteiger charge is 2.76. The highest BCUT2D eigenvalue weighted by atomic mass is 16.3. The van der Waals surface area contributed by atoms with Crippen LogP contribution in [0.15, 0.2) is 0 Å². The summed E-state index contributed by atoms with van der Waals surface area (Å²) in [4.78, 5) is 0. The van der Waals surface area contributed by atoms with Gasteiger partial charge in [0.05, 0.1) is 23.9 Å². The Kier molecular flexibility index (Phi) is 3.42. The van der Waals surface area contributed by atoms with Crippen LogP contribution in [0.3, 0.4) is 0 Å². The van der Waals surface area contributed by atoms with E-state index >= 15 is 0 Å². The summed E-state index contributed by atoms with van der Waals surface area (Å²) in [5.41, 5.74) is -2.85. The summed E-state index contributed by atoms with van der Waals surface area (Å²) < 4.78 is 0. The van der Waals surface area contributed by atoms with Crippen molar-refractivity contribution in [1.29, 1.82) is 0 Å². The number of rotatable bonds is 1. The van der Waals surface area contributed by atoms with Crippen molar-refractivity contribution in [3.05, 3.63) is 0 Å². The standard InChI is InChI=1S/C20H34O4/c1-16(2)6-4-7-17(3)14(16)9-15(22)18-10-13(5-8-20(17,18)24)19(23,11-18)12-21/h13-15,21-24H,4-12H2,1-3H3/t13-,14-,15+,17-,18+,19+,20-/m1/s1. The molecule has 0 aromatic rings. The molecular weight excluding hydrogens is 304 g/mol. The fraction of sp³-hybridized carbons (Fsp3) is 1.00. The van der Waals surface area contributed by atoms with E-state index in [0.29, 0.717) is 31.6 Å². The van der Waals surface area contributed by atoms with Gasteiger partial charge in [-0.1, -0.05) is 27.2 Å². The quantitative estimate of drug-likeness (QED) is 0.591. The normalized spacial score (nSPS) is 58.9. The first-order valence-corrected chi connectivity index (χ1v) is 9.78. The Morgan fingerprint density at radius 1 is 1.04 bits per heavy atom. The first kappa shape index (κ1) is 17.3. The van der Waals surface area contributed by atoms with E-state index in [1.807, 2.05) is 0 Å². The molecule has 4 N–H and O–H groups in total. The van der Waals surface area contributed by atoms with Crippen molar-refractivity contribution in [3.63, 3.8) is 0 Å². The SMILES string of the molecule is CC1(C)CCC[C@]2(C)[C@@H]1C[C@H](O)[C@@]13C[C@@H](CC[C@]12O)[C@@](O)(CO)C3. The van der Waals surface area contributed by atoms with Crippen LogP contribution in [0.2, 0.25) is 0 Å². The Labute approximate surface area is 145 Å². The average molecular weight is 338 g/mol. The zero-order valence-corrected chi connectivity index (χ0v) is 15.4. The molecule has 0 amide bonds. The van der Waals surface area contributed by atoms with Crippen molar-refractivity contribution in [2.24, 2.45) is 28.1 Å². The second-order valence-corrected chi connectivity index (χ2v) is 10.5. The first-order valence-electron chi connectivity index (χ1n) is 9.78. The van der Waals surface area contributed by atoms with Gasteiger partial charge in [0.1, 0.15) is 0 Å². The summed E-state index contributed by atoms with van der Waals surface area (Å²) in [6, 6.07) is 0. The molecule has 0 radical (unpaired) electrons. The van der Waals surface area contributed by atoms with E-state index in [1.54, 1.807) is 0 Å². The van der Waals surface area contributed by atoms with Gasteiger partial charge in [-0.2, -0.15) is 0 Å². The smallest absolute Gasteiger partial charge is 0.0912 e. The fourth-order valence-corrected chi connectivity index (χ4v) is 7.92. The van der Waals surface area contributed by atoms with E-state index in [4.69, 9.17) is 0 Å². The van der Waals surface area contributed by atoms with E-state index in [-0.39, 0.29) is 23.4 Å². The molecule has 7 atom stereocenters. The van der Waals surface area contributed by atoms with E-state index in [9.17, 15) is 20.4 Å². The summed E-state index contributed by atoms with van der Waals surface area (Å²) >= 11 is 0. The minimum atomic E-state index is -1.14. The van der Waals surface area contributed by atoms with Crippen LogP contribution in [0.5, 0.6) is 0 Å². The van der Waals surface area contributed by atoms with E-state index in [0.717, 1.165) is 25.7 Å². The maximum absolute atomic E-state index is 12.1. The van der Waals surface area contributed by atoms with Gasteiger partial charge in [-0.05, 0) is 62.2 Å². The van der Waals surface area contributed by atoms with Gasteiger partial charge in [-0.3, -0.25) is 0 Å². The topological polar surface area (TPSA) is 80.9 Å². The van der Waals surface area contributed by atoms with Crippen molar-refractivity contribution in [2.75, 3.05) is 6.61 Å². The Balaban J connectivity index is 1.84. The van der Waals surface area contributed by atoms with Crippen LogP contribution in [0.25, 0.3) is 0 Å².